The molecule has 2 aromatic rings. The van der Waals surface area contributed by atoms with E-state index in [0.717, 1.165) is 36.0 Å². The van der Waals surface area contributed by atoms with Crippen LogP contribution >= 0.6 is 24.0 Å². The van der Waals surface area contributed by atoms with E-state index < -0.39 is 0 Å². The topological polar surface area (TPSA) is 32.6 Å². The summed E-state index contributed by atoms with van der Waals surface area (Å²) >= 11 is 5.97. The van der Waals surface area contributed by atoms with Crippen molar-refractivity contribution in [1.29, 1.82) is 0 Å². The normalized spacial score (nSPS) is 19.0. The molecule has 0 bridgehead atoms. The maximum Gasteiger partial charge on any atom is 0.137 e. The summed E-state index contributed by atoms with van der Waals surface area (Å²) in [6, 6.07) is 4.44. The molecule has 0 radical (unpaired) electrons. The maximum atomic E-state index is 5.97. The Morgan fingerprint density at radius 1 is 1.47 bits per heavy atom. The average molecular weight is 301 g/mol. The predicted octanol–water partition coefficient (Wildman–Crippen LogP) is 2.20. The Morgan fingerprint density at radius 2 is 2.32 bits per heavy atom. The first-order chi connectivity index (χ1) is 8.72. The lowest BCUT2D eigenvalue weighted by Crippen LogP contribution is -2.32. The molecule has 2 aromatic heterocycles. The lowest BCUT2D eigenvalue weighted by atomic mass is 10.2. The monoisotopic (exact) mass is 300 g/mol. The van der Waals surface area contributed by atoms with E-state index in [1.165, 1.54) is 6.42 Å². The van der Waals surface area contributed by atoms with Crippen molar-refractivity contribution in [3.8, 4) is 0 Å². The van der Waals surface area contributed by atoms with Gasteiger partial charge < -0.3 is 9.72 Å². The van der Waals surface area contributed by atoms with Crippen LogP contribution in [0.3, 0.4) is 0 Å². The van der Waals surface area contributed by atoms with Crippen molar-refractivity contribution in [3.05, 3.63) is 35.2 Å². The first-order valence-electron chi connectivity index (χ1n) is 6.26. The molecule has 1 aliphatic rings. The van der Waals surface area contributed by atoms with E-state index in [-0.39, 0.29) is 12.4 Å². The van der Waals surface area contributed by atoms with Gasteiger partial charge in [0.25, 0.3) is 0 Å². The number of likely N-dealkylation sites (N-methyl/N-ethyl adjacent to an activating group) is 1. The molecule has 1 N–H and O–H groups in total. The highest BCUT2D eigenvalue weighted by Gasteiger charge is 2.19. The van der Waals surface area contributed by atoms with Gasteiger partial charge in [0.15, 0.2) is 0 Å². The maximum absolute atomic E-state index is 5.97. The van der Waals surface area contributed by atoms with Crippen LogP contribution in [-0.2, 0) is 6.54 Å². The summed E-state index contributed by atoms with van der Waals surface area (Å²) in [4.78, 5) is 6.97. The fourth-order valence-corrected chi connectivity index (χ4v) is 2.66. The third kappa shape index (κ3) is 3.20. The summed E-state index contributed by atoms with van der Waals surface area (Å²) in [5.41, 5.74) is 2.04. The molecule has 1 atom stereocenters. The average Bonchev–Trinajstić information content (AvgIpc) is 2.95. The SMILES string of the molecule is CN(Cc1cn2cc(Cl)ccc2n1)C1CCNC1.Cl. The lowest BCUT2D eigenvalue weighted by Gasteiger charge is -2.22. The van der Waals surface area contributed by atoms with Gasteiger partial charge in [-0.3, -0.25) is 4.90 Å². The standard InChI is InChI=1S/C13H17ClN4.ClH/c1-17(12-4-5-15-6-12)8-11-9-18-7-10(14)2-3-13(18)16-11;/h2-3,7,9,12,15H,4-6,8H2,1H3;1H. The number of hydrogen-bond donors (Lipinski definition) is 1. The third-order valence-electron chi connectivity index (χ3n) is 3.53. The molecular weight excluding hydrogens is 283 g/mol. The molecule has 104 valence electrons. The van der Waals surface area contributed by atoms with Gasteiger partial charge in [-0.05, 0) is 32.1 Å². The van der Waals surface area contributed by atoms with Crippen molar-refractivity contribution in [2.24, 2.45) is 0 Å². The van der Waals surface area contributed by atoms with E-state index in [0.29, 0.717) is 6.04 Å². The third-order valence-corrected chi connectivity index (χ3v) is 3.76. The van der Waals surface area contributed by atoms with E-state index in [1.54, 1.807) is 0 Å². The van der Waals surface area contributed by atoms with Crippen LogP contribution in [0.25, 0.3) is 5.65 Å². The van der Waals surface area contributed by atoms with Crippen molar-refractivity contribution in [2.45, 2.75) is 19.0 Å². The van der Waals surface area contributed by atoms with E-state index in [9.17, 15) is 0 Å². The summed E-state index contributed by atoms with van der Waals surface area (Å²) < 4.78 is 1.98. The number of nitrogens with zero attached hydrogens (tertiary/aromatic N) is 3. The zero-order valence-corrected chi connectivity index (χ0v) is 12.4. The minimum Gasteiger partial charge on any atom is -0.315 e. The van der Waals surface area contributed by atoms with Crippen LogP contribution in [-0.4, -0.2) is 40.5 Å². The Kier molecular flexibility index (Phi) is 4.68. The second-order valence-corrected chi connectivity index (χ2v) is 5.34. The van der Waals surface area contributed by atoms with Crippen molar-refractivity contribution in [2.75, 3.05) is 20.1 Å². The van der Waals surface area contributed by atoms with Crippen LogP contribution in [0.1, 0.15) is 12.1 Å². The lowest BCUT2D eigenvalue weighted by molar-refractivity contribution is 0.246. The molecule has 3 heterocycles. The van der Waals surface area contributed by atoms with Crippen LogP contribution in [0, 0.1) is 0 Å². The zero-order chi connectivity index (χ0) is 12.5. The Labute approximate surface area is 124 Å². The molecule has 0 spiro atoms. The van der Waals surface area contributed by atoms with Crippen LogP contribution < -0.4 is 5.32 Å². The zero-order valence-electron chi connectivity index (χ0n) is 10.8. The number of imidazole rings is 1. The van der Waals surface area contributed by atoms with Gasteiger partial charge in [-0.2, -0.15) is 0 Å². The molecule has 0 aromatic carbocycles. The Hall–Kier alpha value is -0.810. The summed E-state index contributed by atoms with van der Waals surface area (Å²) in [5.74, 6) is 0. The fraction of sp³-hybridized carbons (Fsp3) is 0.462. The van der Waals surface area contributed by atoms with Gasteiger partial charge in [-0.15, -0.1) is 12.4 Å². The number of fused-ring (bicyclic) bond motifs is 1. The van der Waals surface area contributed by atoms with E-state index >= 15 is 0 Å². The second kappa shape index (κ2) is 6.09. The molecule has 0 amide bonds. The first kappa shape index (κ1) is 14.6. The van der Waals surface area contributed by atoms with Crippen LogP contribution in [0.15, 0.2) is 24.5 Å². The summed E-state index contributed by atoms with van der Waals surface area (Å²) in [6.07, 6.45) is 5.17. The fourth-order valence-electron chi connectivity index (χ4n) is 2.49. The second-order valence-electron chi connectivity index (χ2n) is 4.91. The quantitative estimate of drug-likeness (QED) is 0.943. The largest absolute Gasteiger partial charge is 0.315 e. The van der Waals surface area contributed by atoms with Crippen molar-refractivity contribution in [3.63, 3.8) is 0 Å². The highest BCUT2D eigenvalue weighted by atomic mass is 35.5. The van der Waals surface area contributed by atoms with Crippen LogP contribution in [0.5, 0.6) is 0 Å². The van der Waals surface area contributed by atoms with Gasteiger partial charge in [0, 0.05) is 31.5 Å². The minimum absolute atomic E-state index is 0. The summed E-state index contributed by atoms with van der Waals surface area (Å²) in [5, 5.41) is 4.12. The number of hydrogen-bond acceptors (Lipinski definition) is 3. The van der Waals surface area contributed by atoms with Gasteiger partial charge in [0.2, 0.25) is 0 Å². The Morgan fingerprint density at radius 3 is 3.05 bits per heavy atom. The van der Waals surface area contributed by atoms with E-state index in [4.69, 9.17) is 11.6 Å². The van der Waals surface area contributed by atoms with Gasteiger partial charge in [-0.25, -0.2) is 4.98 Å². The van der Waals surface area contributed by atoms with E-state index in [2.05, 4.69) is 28.4 Å². The first-order valence-corrected chi connectivity index (χ1v) is 6.64. The van der Waals surface area contributed by atoms with Crippen molar-refractivity contribution < 1.29 is 0 Å². The predicted molar refractivity (Wildman–Crippen MR) is 80.2 cm³/mol. The smallest absolute Gasteiger partial charge is 0.137 e. The summed E-state index contributed by atoms with van der Waals surface area (Å²) in [6.45, 7) is 3.08. The number of nitrogens with one attached hydrogen (secondary N) is 1. The molecule has 1 unspecified atom stereocenters. The molecule has 6 heteroatoms. The molecule has 1 saturated heterocycles. The minimum atomic E-state index is 0. The van der Waals surface area contributed by atoms with E-state index in [1.807, 2.05) is 22.7 Å². The summed E-state index contributed by atoms with van der Waals surface area (Å²) in [7, 11) is 2.16. The molecular formula is C13H18Cl2N4. The molecule has 1 aliphatic heterocycles. The van der Waals surface area contributed by atoms with Crippen molar-refractivity contribution in [1.82, 2.24) is 19.6 Å². The molecule has 0 aliphatic carbocycles. The molecule has 4 nitrogen and oxygen atoms in total. The van der Waals surface area contributed by atoms with Gasteiger partial charge in [0.1, 0.15) is 5.65 Å². The number of pyridine rings is 1. The Balaban J connectivity index is 0.00000133. The van der Waals surface area contributed by atoms with Gasteiger partial charge in [0.05, 0.1) is 10.7 Å². The number of halogens is 2. The van der Waals surface area contributed by atoms with Gasteiger partial charge >= 0.3 is 0 Å². The van der Waals surface area contributed by atoms with Gasteiger partial charge in [-0.1, -0.05) is 11.6 Å². The van der Waals surface area contributed by atoms with Crippen molar-refractivity contribution >= 4 is 29.7 Å². The molecule has 1 fully saturated rings. The molecule has 0 saturated carbocycles. The molecule has 3 rings (SSSR count). The van der Waals surface area contributed by atoms with Crippen LogP contribution in [0.2, 0.25) is 5.02 Å². The van der Waals surface area contributed by atoms with Crippen LogP contribution in [0.4, 0.5) is 0 Å². The highest BCUT2D eigenvalue weighted by molar-refractivity contribution is 6.30. The Bertz CT molecular complexity index is 549. The number of rotatable bonds is 3. The number of aromatic nitrogens is 2. The molecule has 19 heavy (non-hydrogen) atoms. The highest BCUT2D eigenvalue weighted by Crippen LogP contribution is 2.14.